The number of rotatable bonds is 0. The van der Waals surface area contributed by atoms with E-state index in [0.717, 1.165) is 0 Å². The van der Waals surface area contributed by atoms with Gasteiger partial charge in [0.1, 0.15) is 0 Å². The van der Waals surface area contributed by atoms with Crippen molar-refractivity contribution in [3.63, 3.8) is 0 Å². The molecule has 0 bridgehead atoms. The second-order valence-electron chi connectivity index (χ2n) is 0.224. The Morgan fingerprint density at radius 2 is 1.33 bits per heavy atom. The molecule has 0 aliphatic heterocycles. The molecule has 0 aliphatic rings. The minimum atomic E-state index is -1.75. The van der Waals surface area contributed by atoms with Crippen molar-refractivity contribution in [2.75, 3.05) is 0 Å². The molecule has 0 unspecified atom stereocenters. The van der Waals surface area contributed by atoms with Gasteiger partial charge in [-0.25, -0.2) is 0 Å². The quantitative estimate of drug-likeness (QED) is 0.458. The maximum absolute atomic E-state index is 8.25. The first kappa shape index (κ1) is 15.7. The third kappa shape index (κ3) is 39.5. The van der Waals surface area contributed by atoms with Gasteiger partial charge in [0, 0.05) is 82.1 Å². The van der Waals surface area contributed by atoms with Gasteiger partial charge >= 0.3 is 0 Å². The molecule has 0 saturated heterocycles. The Balaban J connectivity index is -0.0000000450. The van der Waals surface area contributed by atoms with Gasteiger partial charge in [-0.05, 0) is 0 Å². The first-order chi connectivity index (χ1) is 1.73. The molecule has 0 aromatic heterocycles. The van der Waals surface area contributed by atoms with Gasteiger partial charge in [-0.1, -0.05) is 0 Å². The van der Waals surface area contributed by atoms with E-state index >= 15 is 0 Å². The van der Waals surface area contributed by atoms with Gasteiger partial charge in [0.05, 0.1) is 5.09 Å². The van der Waals surface area contributed by atoms with Gasteiger partial charge in [0.25, 0.3) is 0 Å². The Hall–Kier alpha value is 1.89. The Labute approximate surface area is 100 Å². The number of hydrogen-bond acceptors (Lipinski definition) is 3. The first-order valence-corrected chi connectivity index (χ1v) is 0.548. The molecule has 2 radical (unpaired) electrons. The van der Waals surface area contributed by atoms with Gasteiger partial charge < -0.3 is 15.3 Å². The third-order valence-electron chi connectivity index (χ3n) is 0. The molecule has 0 amide bonds. The average molecular weight is 303 g/mol. The van der Waals surface area contributed by atoms with Crippen LogP contribution in [0.3, 0.4) is 0 Å². The van der Waals surface area contributed by atoms with Crippen LogP contribution in [0.2, 0.25) is 0 Å². The van der Waals surface area contributed by atoms with Crippen molar-refractivity contribution in [3.05, 3.63) is 15.3 Å². The molecule has 0 spiro atoms. The maximum Gasteiger partial charge on any atom is 0.0689 e. The molecule has 6 heteroatoms. The van der Waals surface area contributed by atoms with Crippen molar-refractivity contribution >= 4 is 0 Å². The van der Waals surface area contributed by atoms with Crippen molar-refractivity contribution in [2.45, 2.75) is 0 Å². The molecule has 4 nitrogen and oxygen atoms in total. The van der Waals surface area contributed by atoms with Crippen molar-refractivity contribution in [1.29, 1.82) is 0 Å². The Kier molecular flexibility index (Phi) is 26.1. The van der Waals surface area contributed by atoms with Crippen LogP contribution in [0, 0.1) is 64.7 Å². The monoisotopic (exact) mass is 304 g/mol. The predicted octanol–water partition coefficient (Wildman–Crippen LogP) is -0.242. The standard InChI is InChI=1S/Eu.NO3.Y/c;2-1(3)4;/q;-1;. The fourth-order valence-electron chi connectivity index (χ4n) is 0. The smallest absolute Gasteiger partial charge is 0.0689 e. The zero-order valence-corrected chi connectivity index (χ0v) is 7.89. The molecule has 0 atom stereocenters. The first-order valence-electron chi connectivity index (χ1n) is 0.548. The predicted molar refractivity (Wildman–Crippen MR) is 10.4 cm³/mol. The summed E-state index contributed by atoms with van der Waals surface area (Å²) >= 11 is 0. The molecular formula is EuNO3Y-. The molecular weight excluding hydrogens is 303 g/mol. The van der Waals surface area contributed by atoms with Crippen LogP contribution in [0.4, 0.5) is 0 Å². The minimum Gasteiger partial charge on any atom is -0.356 e. The summed E-state index contributed by atoms with van der Waals surface area (Å²) in [4.78, 5) is 8.25. The van der Waals surface area contributed by atoms with Crippen molar-refractivity contribution in [1.82, 2.24) is 0 Å². The summed E-state index contributed by atoms with van der Waals surface area (Å²) < 4.78 is 0. The van der Waals surface area contributed by atoms with Crippen LogP contribution in [0.15, 0.2) is 0 Å². The normalized spacial score (nSPS) is 4.00. The minimum absolute atomic E-state index is 0. The van der Waals surface area contributed by atoms with Crippen LogP contribution in [0.5, 0.6) is 0 Å². The van der Waals surface area contributed by atoms with Crippen LogP contribution in [-0.4, -0.2) is 5.09 Å². The van der Waals surface area contributed by atoms with Crippen LogP contribution in [0.25, 0.3) is 0 Å². The van der Waals surface area contributed by atoms with E-state index in [-0.39, 0.29) is 82.1 Å². The van der Waals surface area contributed by atoms with Gasteiger partial charge in [-0.15, -0.1) is 0 Å². The average Bonchev–Trinajstić information content (AvgIpc) is 0.811. The summed E-state index contributed by atoms with van der Waals surface area (Å²) in [5, 5.41) is 14.8. The molecule has 0 rings (SSSR count). The van der Waals surface area contributed by atoms with Crippen LogP contribution in [-0.2, 0) is 32.7 Å². The van der Waals surface area contributed by atoms with Gasteiger partial charge in [0.2, 0.25) is 0 Å². The fourth-order valence-corrected chi connectivity index (χ4v) is 0. The second kappa shape index (κ2) is 9.99. The van der Waals surface area contributed by atoms with Crippen LogP contribution >= 0.6 is 0 Å². The van der Waals surface area contributed by atoms with E-state index in [0.29, 0.717) is 0 Å². The van der Waals surface area contributed by atoms with E-state index in [2.05, 4.69) is 0 Å². The summed E-state index contributed by atoms with van der Waals surface area (Å²) in [5.41, 5.74) is 0. The summed E-state index contributed by atoms with van der Waals surface area (Å²) in [7, 11) is 0. The molecule has 0 N–H and O–H groups in total. The summed E-state index contributed by atoms with van der Waals surface area (Å²) in [6, 6.07) is 0. The van der Waals surface area contributed by atoms with E-state index < -0.39 is 5.09 Å². The molecule has 0 aliphatic carbocycles. The molecule has 0 heterocycles. The van der Waals surface area contributed by atoms with E-state index in [9.17, 15) is 0 Å². The van der Waals surface area contributed by atoms with Gasteiger partial charge in [0.15, 0.2) is 0 Å². The summed E-state index contributed by atoms with van der Waals surface area (Å²) in [6.07, 6.45) is 0. The molecule has 34 valence electrons. The molecule has 6 heavy (non-hydrogen) atoms. The number of hydrogen-bond donors (Lipinski definition) is 0. The van der Waals surface area contributed by atoms with Crippen molar-refractivity contribution < 1.29 is 87.2 Å². The molecule has 0 saturated carbocycles. The van der Waals surface area contributed by atoms with E-state index in [1.54, 1.807) is 0 Å². The third-order valence-corrected chi connectivity index (χ3v) is 0. The zero-order valence-electron chi connectivity index (χ0n) is 2.63. The molecule has 0 aromatic rings. The molecule has 0 fully saturated rings. The van der Waals surface area contributed by atoms with E-state index in [1.807, 2.05) is 0 Å². The van der Waals surface area contributed by atoms with E-state index in [1.165, 1.54) is 0 Å². The van der Waals surface area contributed by atoms with Gasteiger partial charge in [-0.2, -0.15) is 0 Å². The van der Waals surface area contributed by atoms with Gasteiger partial charge in [-0.3, -0.25) is 0 Å². The second-order valence-corrected chi connectivity index (χ2v) is 0.224. The number of nitrogens with zero attached hydrogens (tertiary/aromatic N) is 1. The largest absolute Gasteiger partial charge is 0.356 e. The zero-order chi connectivity index (χ0) is 3.58. The Bertz CT molecular complexity index is 33.8. The topological polar surface area (TPSA) is 66.2 Å². The molecule has 0 aromatic carbocycles. The Morgan fingerprint density at radius 1 is 1.33 bits per heavy atom. The van der Waals surface area contributed by atoms with Crippen molar-refractivity contribution in [3.8, 4) is 0 Å². The van der Waals surface area contributed by atoms with Crippen molar-refractivity contribution in [2.24, 2.45) is 0 Å². The summed E-state index contributed by atoms with van der Waals surface area (Å²) in [5.74, 6) is 0. The van der Waals surface area contributed by atoms with Crippen LogP contribution in [0.1, 0.15) is 0 Å². The summed E-state index contributed by atoms with van der Waals surface area (Å²) in [6.45, 7) is 0. The maximum atomic E-state index is 8.25. The Morgan fingerprint density at radius 3 is 1.33 bits per heavy atom. The fraction of sp³-hybridized carbons (Fsp3) is 0. The van der Waals surface area contributed by atoms with E-state index in [4.69, 9.17) is 15.3 Å². The SMILES string of the molecule is O=[N+]([O-])[O-].[Eu].[Y]. The van der Waals surface area contributed by atoms with Crippen LogP contribution < -0.4 is 0 Å².